The van der Waals surface area contributed by atoms with Crippen LogP contribution >= 0.6 is 11.6 Å². The number of carbonyl (C=O) groups is 2. The van der Waals surface area contributed by atoms with Gasteiger partial charge in [-0.3, -0.25) is 9.59 Å². The Morgan fingerprint density at radius 2 is 1.89 bits per heavy atom. The summed E-state index contributed by atoms with van der Waals surface area (Å²) in [6.07, 6.45) is -4.91. The van der Waals surface area contributed by atoms with Crippen LogP contribution in [0.2, 0.25) is 5.02 Å². The summed E-state index contributed by atoms with van der Waals surface area (Å²) in [6, 6.07) is 8.60. The van der Waals surface area contributed by atoms with Gasteiger partial charge in [0.25, 0.3) is 5.91 Å². The predicted molar refractivity (Wildman–Crippen MR) is 98.4 cm³/mol. The van der Waals surface area contributed by atoms with Crippen molar-refractivity contribution in [3.05, 3.63) is 58.6 Å². The van der Waals surface area contributed by atoms with Crippen LogP contribution in [-0.2, 0) is 11.0 Å². The number of halogens is 4. The normalized spacial score (nSPS) is 11.8. The summed E-state index contributed by atoms with van der Waals surface area (Å²) >= 11 is 5.53. The molecule has 6 nitrogen and oxygen atoms in total. The molecule has 3 N–H and O–H groups in total. The Morgan fingerprint density at radius 3 is 2.54 bits per heavy atom. The highest BCUT2D eigenvalue weighted by Crippen LogP contribution is 2.36. The van der Waals surface area contributed by atoms with E-state index in [0.29, 0.717) is 0 Å². The van der Waals surface area contributed by atoms with Crippen molar-refractivity contribution in [2.45, 2.75) is 19.5 Å². The topological polar surface area (TPSA) is 90.8 Å². The minimum atomic E-state index is -4.65. The van der Waals surface area contributed by atoms with Gasteiger partial charge in [0.2, 0.25) is 5.91 Å². The van der Waals surface area contributed by atoms with Gasteiger partial charge in [0, 0.05) is 17.0 Å². The van der Waals surface area contributed by atoms with Gasteiger partial charge in [-0.15, -0.1) is 0 Å². The quantitative estimate of drug-likeness (QED) is 0.507. The lowest BCUT2D eigenvalue weighted by Gasteiger charge is -2.11. The second kappa shape index (κ2) is 8.75. The lowest BCUT2D eigenvalue weighted by atomic mass is 10.2. The smallest absolute Gasteiger partial charge is 0.417 e. The fourth-order valence-corrected chi connectivity index (χ4v) is 2.38. The standard InChI is InChI=1S/C18H15ClF3N3O3/c1-10(24-25-17(28)11-3-2-4-13(26)8-11)7-16(27)23-12-5-6-15(19)14(9-12)18(20,21)22/h2-6,8-9,26H,7H2,1H3,(H,23,27)(H,25,28)/b24-10-. The van der Waals surface area contributed by atoms with Crippen molar-refractivity contribution in [1.29, 1.82) is 0 Å². The fraction of sp³-hybridized carbons (Fsp3) is 0.167. The van der Waals surface area contributed by atoms with Crippen LogP contribution in [0, 0.1) is 0 Å². The summed E-state index contributed by atoms with van der Waals surface area (Å²) < 4.78 is 38.5. The number of anilines is 1. The number of aromatic hydroxyl groups is 1. The summed E-state index contributed by atoms with van der Waals surface area (Å²) in [5.41, 5.74) is 1.48. The molecule has 0 atom stereocenters. The zero-order chi connectivity index (χ0) is 20.9. The number of phenols is 1. The van der Waals surface area contributed by atoms with Crippen molar-refractivity contribution in [1.82, 2.24) is 5.43 Å². The third-order valence-electron chi connectivity index (χ3n) is 3.43. The van der Waals surface area contributed by atoms with Crippen molar-refractivity contribution in [2.75, 3.05) is 5.32 Å². The average Bonchev–Trinajstić information content (AvgIpc) is 2.60. The molecule has 0 saturated carbocycles. The molecule has 0 spiro atoms. The Kier molecular flexibility index (Phi) is 6.63. The number of nitrogens with one attached hydrogen (secondary N) is 2. The van der Waals surface area contributed by atoms with Crippen molar-refractivity contribution in [2.24, 2.45) is 5.10 Å². The van der Waals surface area contributed by atoms with Crippen molar-refractivity contribution in [3.8, 4) is 5.75 Å². The third-order valence-corrected chi connectivity index (χ3v) is 3.76. The van der Waals surface area contributed by atoms with Gasteiger partial charge in [0.15, 0.2) is 0 Å². The molecule has 0 saturated heterocycles. The molecule has 10 heteroatoms. The van der Waals surface area contributed by atoms with Crippen LogP contribution in [0.1, 0.15) is 29.3 Å². The number of alkyl halides is 3. The molecule has 28 heavy (non-hydrogen) atoms. The van der Waals surface area contributed by atoms with Crippen molar-refractivity contribution < 1.29 is 27.9 Å². The first kappa shape index (κ1) is 21.2. The molecule has 0 aliphatic rings. The van der Waals surface area contributed by atoms with E-state index in [-0.39, 0.29) is 29.1 Å². The SMILES string of the molecule is C/C(CC(=O)Nc1ccc(Cl)c(C(F)(F)F)c1)=N/NC(=O)c1cccc(O)c1. The van der Waals surface area contributed by atoms with Crippen LogP contribution in [0.25, 0.3) is 0 Å². The lowest BCUT2D eigenvalue weighted by Crippen LogP contribution is -2.21. The van der Waals surface area contributed by atoms with E-state index in [1.807, 2.05) is 0 Å². The predicted octanol–water partition coefficient (Wildman–Crippen LogP) is 4.20. The highest BCUT2D eigenvalue weighted by Gasteiger charge is 2.33. The fourth-order valence-electron chi connectivity index (χ4n) is 2.16. The number of rotatable bonds is 5. The first-order valence-corrected chi connectivity index (χ1v) is 8.23. The Hall–Kier alpha value is -3.07. The number of carbonyl (C=O) groups excluding carboxylic acids is 2. The summed E-state index contributed by atoms with van der Waals surface area (Å²) in [5.74, 6) is -1.31. The Labute approximate surface area is 163 Å². The molecule has 2 aromatic carbocycles. The van der Waals surface area contributed by atoms with Gasteiger partial charge in [-0.05, 0) is 43.3 Å². The van der Waals surface area contributed by atoms with Crippen LogP contribution in [0.4, 0.5) is 18.9 Å². The molecular formula is C18H15ClF3N3O3. The second-order valence-electron chi connectivity index (χ2n) is 5.76. The number of phenolic OH excluding ortho intramolecular Hbond substituents is 1. The Balaban J connectivity index is 1.97. The van der Waals surface area contributed by atoms with E-state index < -0.39 is 28.6 Å². The minimum Gasteiger partial charge on any atom is -0.508 e. The molecule has 0 unspecified atom stereocenters. The number of nitrogens with zero attached hydrogens (tertiary/aromatic N) is 1. The molecule has 0 fully saturated rings. The maximum absolute atomic E-state index is 12.8. The highest BCUT2D eigenvalue weighted by atomic mass is 35.5. The van der Waals surface area contributed by atoms with Crippen LogP contribution in [-0.4, -0.2) is 22.6 Å². The number of amides is 2. The zero-order valence-electron chi connectivity index (χ0n) is 14.5. The Morgan fingerprint density at radius 1 is 1.18 bits per heavy atom. The number of benzene rings is 2. The van der Waals surface area contributed by atoms with Gasteiger partial charge < -0.3 is 10.4 Å². The van der Waals surface area contributed by atoms with Gasteiger partial charge in [-0.25, -0.2) is 5.43 Å². The maximum Gasteiger partial charge on any atom is 0.417 e. The Bertz CT molecular complexity index is 930. The van der Waals surface area contributed by atoms with Crippen molar-refractivity contribution >= 4 is 34.8 Å². The van der Waals surface area contributed by atoms with E-state index in [0.717, 1.165) is 12.1 Å². The molecule has 2 rings (SSSR count). The lowest BCUT2D eigenvalue weighted by molar-refractivity contribution is -0.137. The summed E-state index contributed by atoms with van der Waals surface area (Å²) in [6.45, 7) is 1.46. The first-order valence-electron chi connectivity index (χ1n) is 7.85. The van der Waals surface area contributed by atoms with Gasteiger partial charge in [0.05, 0.1) is 17.0 Å². The van der Waals surface area contributed by atoms with Crippen molar-refractivity contribution in [3.63, 3.8) is 0 Å². The van der Waals surface area contributed by atoms with Crippen LogP contribution < -0.4 is 10.7 Å². The van der Waals surface area contributed by atoms with E-state index in [4.69, 9.17) is 11.6 Å². The molecule has 0 radical (unpaired) electrons. The van der Waals surface area contributed by atoms with Gasteiger partial charge in [-0.2, -0.15) is 18.3 Å². The minimum absolute atomic E-state index is 0.0710. The summed E-state index contributed by atoms with van der Waals surface area (Å²) in [7, 11) is 0. The van der Waals surface area contributed by atoms with Crippen LogP contribution in [0.5, 0.6) is 5.75 Å². The molecule has 2 amide bonds. The molecule has 0 bridgehead atoms. The summed E-state index contributed by atoms with van der Waals surface area (Å²) in [5, 5.41) is 14.9. The largest absolute Gasteiger partial charge is 0.508 e. The number of hydrazone groups is 1. The van der Waals surface area contributed by atoms with E-state index in [2.05, 4.69) is 15.8 Å². The third kappa shape index (κ3) is 5.98. The molecule has 148 valence electrons. The van der Waals surface area contributed by atoms with E-state index in [9.17, 15) is 27.9 Å². The van der Waals surface area contributed by atoms with E-state index >= 15 is 0 Å². The molecule has 0 aliphatic carbocycles. The molecule has 0 aliphatic heterocycles. The van der Waals surface area contributed by atoms with Crippen LogP contribution in [0.15, 0.2) is 47.6 Å². The zero-order valence-corrected chi connectivity index (χ0v) is 15.2. The van der Waals surface area contributed by atoms with Gasteiger partial charge >= 0.3 is 6.18 Å². The van der Waals surface area contributed by atoms with Gasteiger partial charge in [-0.1, -0.05) is 17.7 Å². The molecule has 0 heterocycles. The van der Waals surface area contributed by atoms with Gasteiger partial charge in [0.1, 0.15) is 5.75 Å². The second-order valence-corrected chi connectivity index (χ2v) is 6.16. The molecule has 2 aromatic rings. The maximum atomic E-state index is 12.8. The summed E-state index contributed by atoms with van der Waals surface area (Å²) in [4.78, 5) is 23.9. The monoisotopic (exact) mass is 413 g/mol. The number of hydrogen-bond donors (Lipinski definition) is 3. The molecular weight excluding hydrogens is 399 g/mol. The average molecular weight is 414 g/mol. The van der Waals surface area contributed by atoms with E-state index in [1.165, 1.54) is 37.3 Å². The number of hydrogen-bond acceptors (Lipinski definition) is 4. The first-order chi connectivity index (χ1) is 13.1. The van der Waals surface area contributed by atoms with E-state index in [1.54, 1.807) is 0 Å². The molecule has 0 aromatic heterocycles. The highest BCUT2D eigenvalue weighted by molar-refractivity contribution is 6.31. The van der Waals surface area contributed by atoms with Crippen LogP contribution in [0.3, 0.4) is 0 Å².